The zero-order valence-corrected chi connectivity index (χ0v) is 33.8. The molecule has 4 heteroatoms. The van der Waals surface area contributed by atoms with Crippen molar-refractivity contribution in [3.05, 3.63) is 214 Å². The number of nitrogens with zero attached hydrogens (tertiary/aromatic N) is 4. The molecule has 0 aliphatic heterocycles. The Kier molecular flexibility index (Phi) is 10.6. The molecule has 0 radical (unpaired) electrons. The van der Waals surface area contributed by atoms with Gasteiger partial charge in [-0.3, -0.25) is 15.0 Å². The van der Waals surface area contributed by atoms with Gasteiger partial charge in [-0.1, -0.05) is 67.6 Å². The van der Waals surface area contributed by atoms with E-state index in [2.05, 4.69) is 193 Å². The van der Waals surface area contributed by atoms with Crippen molar-refractivity contribution in [2.75, 3.05) is 4.90 Å². The number of aromatic nitrogens is 3. The third-order valence-electron chi connectivity index (χ3n) is 10.5. The van der Waals surface area contributed by atoms with Gasteiger partial charge in [0, 0.05) is 83.7 Å². The van der Waals surface area contributed by atoms with E-state index in [1.54, 1.807) is 0 Å². The summed E-state index contributed by atoms with van der Waals surface area (Å²) in [5.74, 6) is 20.1. The lowest BCUT2D eigenvalue weighted by molar-refractivity contribution is 1.06. The van der Waals surface area contributed by atoms with Gasteiger partial charge in [-0.25, -0.2) is 0 Å². The number of pyridine rings is 3. The van der Waals surface area contributed by atoms with E-state index >= 15 is 0 Å². The maximum absolute atomic E-state index is 4.74. The predicted molar refractivity (Wildman–Crippen MR) is 248 cm³/mol. The first-order valence-electron chi connectivity index (χ1n) is 20.3. The van der Waals surface area contributed by atoms with Crippen molar-refractivity contribution in [2.24, 2.45) is 0 Å². The first-order chi connectivity index (χ1) is 29.5. The molecule has 9 aromatic rings. The van der Waals surface area contributed by atoms with Crippen molar-refractivity contribution in [1.82, 2.24) is 15.0 Å². The van der Waals surface area contributed by atoms with Gasteiger partial charge >= 0.3 is 0 Å². The zero-order valence-electron chi connectivity index (χ0n) is 33.8. The van der Waals surface area contributed by atoms with Crippen LogP contribution in [0.5, 0.6) is 0 Å². The Bertz CT molecular complexity index is 3090. The standard InChI is InChI=1S/C56H40N4/c1-4-49-25-23-47-37-44(20-34-55(47)58-49)11-8-41-15-29-52(30-16-41)60(51-27-13-40(14-28-51)7-10-43-19-33-54-46(36-43)22-6-39(3)57-54)53-31-17-42(18-32-53)9-12-45-21-35-56-48(38-45)24-26-50(5-2)59-56/h6,13-38H,4-5H2,1-3H3. The second-order valence-corrected chi connectivity index (χ2v) is 14.7. The van der Waals surface area contributed by atoms with Gasteiger partial charge in [0.25, 0.3) is 0 Å². The molecule has 9 rings (SSSR count). The van der Waals surface area contributed by atoms with E-state index in [-0.39, 0.29) is 0 Å². The summed E-state index contributed by atoms with van der Waals surface area (Å²) in [6, 6.07) is 56.3. The number of anilines is 3. The SMILES string of the molecule is CCc1ccc2cc(C#Cc3ccc(N(c4ccc(C#Cc5ccc6nc(C)ccc6c5)cc4)c4ccc(C#Cc5ccc6nc(CC)ccc6c5)cc4)cc3)ccc2n1. The smallest absolute Gasteiger partial charge is 0.0706 e. The van der Waals surface area contributed by atoms with Crippen LogP contribution in [0.15, 0.2) is 164 Å². The van der Waals surface area contributed by atoms with E-state index in [0.717, 1.165) is 113 Å². The number of rotatable bonds is 5. The molecule has 284 valence electrons. The third-order valence-corrected chi connectivity index (χ3v) is 10.5. The lowest BCUT2D eigenvalue weighted by atomic mass is 10.1. The molecule has 60 heavy (non-hydrogen) atoms. The molecule has 3 aromatic heterocycles. The van der Waals surface area contributed by atoms with Crippen LogP contribution in [0.1, 0.15) is 64.3 Å². The fraction of sp³-hybridized carbons (Fsp3) is 0.0893. The number of aryl methyl sites for hydroxylation is 3. The van der Waals surface area contributed by atoms with E-state index in [1.165, 1.54) is 0 Å². The minimum absolute atomic E-state index is 0.917. The Morgan fingerprint density at radius 3 is 1.03 bits per heavy atom. The highest BCUT2D eigenvalue weighted by Crippen LogP contribution is 2.35. The van der Waals surface area contributed by atoms with Crippen molar-refractivity contribution < 1.29 is 0 Å². The van der Waals surface area contributed by atoms with Crippen LogP contribution in [0.25, 0.3) is 32.7 Å². The summed E-state index contributed by atoms with van der Waals surface area (Å²) in [6.07, 6.45) is 1.83. The molecule has 0 saturated heterocycles. The van der Waals surface area contributed by atoms with Gasteiger partial charge in [-0.2, -0.15) is 0 Å². The van der Waals surface area contributed by atoms with Gasteiger partial charge in [-0.15, -0.1) is 0 Å². The van der Waals surface area contributed by atoms with Crippen LogP contribution in [0.3, 0.4) is 0 Å². The van der Waals surface area contributed by atoms with Crippen LogP contribution in [0, 0.1) is 42.4 Å². The van der Waals surface area contributed by atoms with E-state index in [1.807, 2.05) is 37.3 Å². The van der Waals surface area contributed by atoms with E-state index in [4.69, 9.17) is 9.97 Å². The van der Waals surface area contributed by atoms with Gasteiger partial charge in [0.05, 0.1) is 16.6 Å². The average Bonchev–Trinajstić information content (AvgIpc) is 3.30. The monoisotopic (exact) mass is 768 g/mol. The normalized spacial score (nSPS) is 10.7. The number of hydrogen-bond acceptors (Lipinski definition) is 4. The average molecular weight is 769 g/mol. The van der Waals surface area contributed by atoms with Crippen LogP contribution in [-0.4, -0.2) is 15.0 Å². The zero-order chi connectivity index (χ0) is 40.8. The molecule has 0 fully saturated rings. The molecule has 6 aromatic carbocycles. The summed E-state index contributed by atoms with van der Waals surface area (Å²) >= 11 is 0. The Hall–Kier alpha value is -7.97. The first-order valence-corrected chi connectivity index (χ1v) is 20.3. The fourth-order valence-corrected chi connectivity index (χ4v) is 7.15. The van der Waals surface area contributed by atoms with Crippen LogP contribution in [0.4, 0.5) is 17.1 Å². The van der Waals surface area contributed by atoms with Crippen molar-refractivity contribution in [1.29, 1.82) is 0 Å². The Morgan fingerprint density at radius 2 is 0.667 bits per heavy atom. The van der Waals surface area contributed by atoms with Crippen molar-refractivity contribution in [3.8, 4) is 35.5 Å². The fourth-order valence-electron chi connectivity index (χ4n) is 7.15. The van der Waals surface area contributed by atoms with Gasteiger partial charge < -0.3 is 4.90 Å². The highest BCUT2D eigenvalue weighted by molar-refractivity contribution is 5.83. The minimum Gasteiger partial charge on any atom is -0.311 e. The maximum Gasteiger partial charge on any atom is 0.0706 e. The van der Waals surface area contributed by atoms with Crippen molar-refractivity contribution >= 4 is 49.8 Å². The largest absolute Gasteiger partial charge is 0.311 e. The summed E-state index contributed by atoms with van der Waals surface area (Å²) in [7, 11) is 0. The molecule has 0 bridgehead atoms. The van der Waals surface area contributed by atoms with E-state index < -0.39 is 0 Å². The molecule has 0 saturated carbocycles. The molecule has 0 unspecified atom stereocenters. The topological polar surface area (TPSA) is 41.9 Å². The Morgan fingerprint density at radius 1 is 0.350 bits per heavy atom. The van der Waals surface area contributed by atoms with Crippen molar-refractivity contribution in [2.45, 2.75) is 33.6 Å². The first kappa shape index (κ1) is 37.6. The highest BCUT2D eigenvalue weighted by atomic mass is 15.1. The van der Waals surface area contributed by atoms with Crippen LogP contribution in [-0.2, 0) is 12.8 Å². The molecule has 0 amide bonds. The third kappa shape index (κ3) is 8.49. The maximum atomic E-state index is 4.74. The van der Waals surface area contributed by atoms with Crippen molar-refractivity contribution in [3.63, 3.8) is 0 Å². The van der Waals surface area contributed by atoms with Crippen LogP contribution >= 0.6 is 0 Å². The summed E-state index contributed by atoms with van der Waals surface area (Å²) < 4.78 is 0. The van der Waals surface area contributed by atoms with Gasteiger partial charge in [-0.05, 0) is 165 Å². The van der Waals surface area contributed by atoms with E-state index in [0.29, 0.717) is 0 Å². The number of benzene rings is 6. The highest BCUT2D eigenvalue weighted by Gasteiger charge is 2.13. The summed E-state index contributed by atoms with van der Waals surface area (Å²) in [6.45, 7) is 6.25. The molecule has 0 spiro atoms. The molecule has 0 aliphatic rings. The molecular weight excluding hydrogens is 729 g/mol. The second kappa shape index (κ2) is 16.9. The van der Waals surface area contributed by atoms with Gasteiger partial charge in [0.15, 0.2) is 0 Å². The van der Waals surface area contributed by atoms with Gasteiger partial charge in [0.1, 0.15) is 0 Å². The number of hydrogen-bond donors (Lipinski definition) is 0. The van der Waals surface area contributed by atoms with E-state index in [9.17, 15) is 0 Å². The molecule has 0 N–H and O–H groups in total. The lowest BCUT2D eigenvalue weighted by Crippen LogP contribution is -2.09. The quantitative estimate of drug-likeness (QED) is 0.164. The molecule has 0 aliphatic carbocycles. The number of fused-ring (bicyclic) bond motifs is 3. The molecule has 4 nitrogen and oxygen atoms in total. The second-order valence-electron chi connectivity index (χ2n) is 14.7. The summed E-state index contributed by atoms with van der Waals surface area (Å²) in [5.41, 5.74) is 14.9. The van der Waals surface area contributed by atoms with Crippen LogP contribution in [0.2, 0.25) is 0 Å². The van der Waals surface area contributed by atoms with Crippen LogP contribution < -0.4 is 4.90 Å². The minimum atomic E-state index is 0.917. The lowest BCUT2D eigenvalue weighted by Gasteiger charge is -2.25. The van der Waals surface area contributed by atoms with Gasteiger partial charge in [0.2, 0.25) is 0 Å². The molecular formula is C56H40N4. The Balaban J connectivity index is 0.995. The Labute approximate surface area is 351 Å². The predicted octanol–water partition coefficient (Wildman–Crippen LogP) is 12.4. The molecule has 3 heterocycles. The molecule has 0 atom stereocenters. The summed E-state index contributed by atoms with van der Waals surface area (Å²) in [4.78, 5) is 16.3. The summed E-state index contributed by atoms with van der Waals surface area (Å²) in [5, 5.41) is 3.27.